The summed E-state index contributed by atoms with van der Waals surface area (Å²) in [5.41, 5.74) is -0.216. The van der Waals surface area contributed by atoms with Crippen molar-refractivity contribution in [1.29, 1.82) is 0 Å². The van der Waals surface area contributed by atoms with Crippen LogP contribution in [-0.4, -0.2) is 29.8 Å². The lowest BCUT2D eigenvalue weighted by molar-refractivity contribution is -0.137. The molecule has 0 atom stereocenters. The minimum absolute atomic E-state index is 0.105. The monoisotopic (exact) mass is 267 g/mol. The molecule has 4 nitrogen and oxygen atoms in total. The Labute approximate surface area is 98.4 Å². The summed E-state index contributed by atoms with van der Waals surface area (Å²) in [5.74, 6) is -1.44. The van der Waals surface area contributed by atoms with Gasteiger partial charge in [0, 0.05) is 7.11 Å². The van der Waals surface area contributed by atoms with Gasteiger partial charge in [-0.2, -0.15) is 13.2 Å². The van der Waals surface area contributed by atoms with E-state index in [1.807, 2.05) is 0 Å². The number of aromatic carboxylic acids is 1. The summed E-state index contributed by atoms with van der Waals surface area (Å²) in [5, 5.41) is 7.57. The molecular formula is C9H8F3NO3S. The quantitative estimate of drug-likeness (QED) is 0.910. The number of alkyl halides is 3. The Kier molecular flexibility index (Phi) is 4.24. The van der Waals surface area contributed by atoms with Gasteiger partial charge in [0.15, 0.2) is 5.01 Å². The number of carboxylic acid groups (broad SMARTS) is 1. The minimum atomic E-state index is -4.64. The molecule has 94 valence electrons. The van der Waals surface area contributed by atoms with Crippen molar-refractivity contribution >= 4 is 23.4 Å². The molecule has 0 spiro atoms. The number of methoxy groups -OCH3 is 1. The van der Waals surface area contributed by atoms with Crippen LogP contribution in [0.25, 0.3) is 6.08 Å². The predicted octanol–water partition coefficient (Wildman–Crippen LogP) is 2.52. The zero-order chi connectivity index (χ0) is 13.1. The molecule has 0 amide bonds. The summed E-state index contributed by atoms with van der Waals surface area (Å²) in [4.78, 5) is 13.5. The zero-order valence-corrected chi connectivity index (χ0v) is 9.43. The van der Waals surface area contributed by atoms with Gasteiger partial charge >= 0.3 is 12.1 Å². The fourth-order valence-electron chi connectivity index (χ4n) is 0.975. The van der Waals surface area contributed by atoms with Gasteiger partial charge in [0.25, 0.3) is 0 Å². The molecule has 0 bridgehead atoms. The Morgan fingerprint density at radius 2 is 2.24 bits per heavy atom. The van der Waals surface area contributed by atoms with Gasteiger partial charge in [-0.05, 0) is 6.08 Å². The highest BCUT2D eigenvalue weighted by Crippen LogP contribution is 2.34. The Balaban J connectivity index is 3.10. The smallest absolute Gasteiger partial charge is 0.443 e. The van der Waals surface area contributed by atoms with E-state index in [0.29, 0.717) is 0 Å². The number of halogens is 3. The fourth-order valence-corrected chi connectivity index (χ4v) is 1.73. The van der Waals surface area contributed by atoms with E-state index in [0.717, 1.165) is 0 Å². The van der Waals surface area contributed by atoms with E-state index in [-0.39, 0.29) is 23.6 Å². The maximum atomic E-state index is 12.3. The van der Waals surface area contributed by atoms with Gasteiger partial charge in [-0.15, -0.1) is 11.3 Å². The van der Waals surface area contributed by atoms with Crippen molar-refractivity contribution in [2.45, 2.75) is 6.18 Å². The fraction of sp³-hybridized carbons (Fsp3) is 0.333. The number of carbonyl (C=O) groups is 1. The van der Waals surface area contributed by atoms with Gasteiger partial charge in [0.05, 0.1) is 12.3 Å². The average Bonchev–Trinajstić information content (AvgIpc) is 2.61. The van der Waals surface area contributed by atoms with Crippen molar-refractivity contribution in [3.05, 3.63) is 21.7 Å². The molecule has 1 aromatic rings. The largest absolute Gasteiger partial charge is 0.477 e. The van der Waals surface area contributed by atoms with Crippen molar-refractivity contribution in [1.82, 2.24) is 4.98 Å². The summed E-state index contributed by atoms with van der Waals surface area (Å²) in [6, 6.07) is 0. The van der Waals surface area contributed by atoms with Crippen LogP contribution in [0.2, 0.25) is 0 Å². The predicted molar refractivity (Wildman–Crippen MR) is 55.0 cm³/mol. The topological polar surface area (TPSA) is 59.4 Å². The number of rotatable bonds is 4. The van der Waals surface area contributed by atoms with Gasteiger partial charge in [0.1, 0.15) is 4.88 Å². The second-order valence-corrected chi connectivity index (χ2v) is 3.89. The van der Waals surface area contributed by atoms with Crippen LogP contribution in [0.15, 0.2) is 6.08 Å². The van der Waals surface area contributed by atoms with Crippen molar-refractivity contribution in [2.24, 2.45) is 0 Å². The van der Waals surface area contributed by atoms with Crippen molar-refractivity contribution in [2.75, 3.05) is 13.7 Å². The second kappa shape index (κ2) is 5.28. The maximum Gasteiger partial charge on any atom is 0.443 e. The van der Waals surface area contributed by atoms with E-state index in [4.69, 9.17) is 5.11 Å². The molecule has 0 aliphatic carbocycles. The first-order valence-corrected chi connectivity index (χ1v) is 5.14. The van der Waals surface area contributed by atoms with E-state index < -0.39 is 22.0 Å². The van der Waals surface area contributed by atoms with Crippen LogP contribution < -0.4 is 0 Å². The second-order valence-electron chi connectivity index (χ2n) is 2.89. The lowest BCUT2D eigenvalue weighted by Crippen LogP contribution is -2.03. The van der Waals surface area contributed by atoms with Gasteiger partial charge < -0.3 is 9.84 Å². The first kappa shape index (κ1) is 13.7. The highest BCUT2D eigenvalue weighted by atomic mass is 32.1. The molecule has 1 rings (SSSR count). The minimum Gasteiger partial charge on any atom is -0.477 e. The Morgan fingerprint density at radius 1 is 1.59 bits per heavy atom. The zero-order valence-electron chi connectivity index (χ0n) is 8.61. The van der Waals surface area contributed by atoms with E-state index in [2.05, 4.69) is 9.72 Å². The third-order valence-corrected chi connectivity index (χ3v) is 2.73. The summed E-state index contributed by atoms with van der Waals surface area (Å²) in [6.45, 7) is 0.165. The van der Waals surface area contributed by atoms with Crippen LogP contribution in [0.5, 0.6) is 0 Å². The van der Waals surface area contributed by atoms with E-state index in [1.165, 1.54) is 19.3 Å². The number of hydrogen-bond donors (Lipinski definition) is 1. The number of hydrogen-bond acceptors (Lipinski definition) is 4. The van der Waals surface area contributed by atoms with E-state index >= 15 is 0 Å². The number of nitrogens with zero attached hydrogens (tertiary/aromatic N) is 1. The third kappa shape index (κ3) is 3.53. The van der Waals surface area contributed by atoms with Crippen LogP contribution in [0.3, 0.4) is 0 Å². The van der Waals surface area contributed by atoms with E-state index in [1.54, 1.807) is 0 Å². The standard InChI is InChI=1S/C9H8F3NO3S/c1-16-4-2-3-5-6(7(14)15)17-8(13-5)9(10,11)12/h2-3H,4H2,1H3,(H,14,15)/b3-2+. The maximum absolute atomic E-state index is 12.3. The molecule has 0 aliphatic rings. The number of thiazole rings is 1. The summed E-state index contributed by atoms with van der Waals surface area (Å²) in [6.07, 6.45) is -2.05. The van der Waals surface area contributed by atoms with Gasteiger partial charge in [0.2, 0.25) is 0 Å². The lowest BCUT2D eigenvalue weighted by Gasteiger charge is -1.98. The van der Waals surface area contributed by atoms with Crippen LogP contribution >= 0.6 is 11.3 Å². The van der Waals surface area contributed by atoms with Crippen LogP contribution in [0.4, 0.5) is 13.2 Å². The SMILES string of the molecule is COC/C=C/c1nc(C(F)(F)F)sc1C(=O)O. The average molecular weight is 267 g/mol. The normalized spacial score (nSPS) is 12.2. The molecule has 0 fully saturated rings. The molecule has 1 heterocycles. The number of aromatic nitrogens is 1. The number of carboxylic acids is 1. The van der Waals surface area contributed by atoms with Crippen LogP contribution in [-0.2, 0) is 10.9 Å². The molecule has 1 N–H and O–H groups in total. The van der Waals surface area contributed by atoms with Crippen molar-refractivity contribution in [3.8, 4) is 0 Å². The first-order chi connectivity index (χ1) is 7.86. The first-order valence-electron chi connectivity index (χ1n) is 4.33. The van der Waals surface area contributed by atoms with Gasteiger partial charge in [-0.3, -0.25) is 0 Å². The summed E-state index contributed by atoms with van der Waals surface area (Å²) >= 11 is 0.105. The summed E-state index contributed by atoms with van der Waals surface area (Å²) in [7, 11) is 1.41. The molecule has 0 radical (unpaired) electrons. The van der Waals surface area contributed by atoms with E-state index in [9.17, 15) is 18.0 Å². The molecule has 0 aromatic carbocycles. The third-order valence-electron chi connectivity index (χ3n) is 1.63. The summed E-state index contributed by atoms with van der Waals surface area (Å²) < 4.78 is 41.7. The highest BCUT2D eigenvalue weighted by Gasteiger charge is 2.36. The number of ether oxygens (including phenoxy) is 1. The molecular weight excluding hydrogens is 259 g/mol. The molecule has 0 unspecified atom stereocenters. The molecule has 0 aliphatic heterocycles. The van der Waals surface area contributed by atoms with Crippen LogP contribution in [0, 0.1) is 0 Å². The Bertz CT molecular complexity index is 439. The molecule has 17 heavy (non-hydrogen) atoms. The Hall–Kier alpha value is -1.41. The molecule has 1 aromatic heterocycles. The molecule has 8 heteroatoms. The lowest BCUT2D eigenvalue weighted by atomic mass is 10.3. The van der Waals surface area contributed by atoms with Crippen LogP contribution in [0.1, 0.15) is 20.4 Å². The Morgan fingerprint density at radius 3 is 2.71 bits per heavy atom. The highest BCUT2D eigenvalue weighted by molar-refractivity contribution is 7.13. The molecule has 0 saturated heterocycles. The van der Waals surface area contributed by atoms with Gasteiger partial charge in [-0.25, -0.2) is 9.78 Å². The van der Waals surface area contributed by atoms with Gasteiger partial charge in [-0.1, -0.05) is 6.08 Å². The van der Waals surface area contributed by atoms with Crippen molar-refractivity contribution in [3.63, 3.8) is 0 Å². The molecule has 0 saturated carbocycles. The van der Waals surface area contributed by atoms with Crippen molar-refractivity contribution < 1.29 is 27.8 Å².